The zero-order chi connectivity index (χ0) is 13.8. The molecule has 0 aromatic carbocycles. The molecule has 2 heterocycles. The van der Waals surface area contributed by atoms with Crippen LogP contribution in [0.2, 0.25) is 0 Å². The van der Waals surface area contributed by atoms with Crippen molar-refractivity contribution in [3.8, 4) is 0 Å². The van der Waals surface area contributed by atoms with E-state index in [1.54, 1.807) is 18.4 Å². The fourth-order valence-electron chi connectivity index (χ4n) is 3.07. The van der Waals surface area contributed by atoms with Gasteiger partial charge in [-0.2, -0.15) is 0 Å². The summed E-state index contributed by atoms with van der Waals surface area (Å²) >= 11 is 1.80. The Hall–Kier alpha value is -0.490. The van der Waals surface area contributed by atoms with E-state index < -0.39 is 0 Å². The smallest absolute Gasteiger partial charge is 0.122 e. The van der Waals surface area contributed by atoms with Crippen LogP contribution in [0.1, 0.15) is 60.2 Å². The molecule has 1 saturated carbocycles. The Morgan fingerprint density at radius 1 is 1.30 bits per heavy atom. The second-order valence-corrected chi connectivity index (χ2v) is 6.83. The van der Waals surface area contributed by atoms with Gasteiger partial charge in [-0.3, -0.25) is 0 Å². The molecule has 1 aromatic rings. The van der Waals surface area contributed by atoms with Gasteiger partial charge in [-0.15, -0.1) is 11.3 Å². The molecular weight excluding hydrogens is 272 g/mol. The maximum absolute atomic E-state index is 5.75. The van der Waals surface area contributed by atoms with Crippen molar-refractivity contribution in [3.05, 3.63) is 15.6 Å². The normalized spacial score (nSPS) is 23.8. The Morgan fingerprint density at radius 2 is 2.15 bits per heavy atom. The first kappa shape index (κ1) is 14.4. The molecule has 4 nitrogen and oxygen atoms in total. The van der Waals surface area contributed by atoms with Gasteiger partial charge in [0.15, 0.2) is 0 Å². The number of nitrogens with zero attached hydrogens (tertiary/aromatic N) is 1. The van der Waals surface area contributed by atoms with Crippen LogP contribution < -0.4 is 5.32 Å². The summed E-state index contributed by atoms with van der Waals surface area (Å²) in [5.41, 5.74) is 1.09. The summed E-state index contributed by atoms with van der Waals surface area (Å²) < 4.78 is 11.0. The third-order valence-corrected chi connectivity index (χ3v) is 5.38. The number of ether oxygens (including phenoxy) is 2. The zero-order valence-corrected chi connectivity index (χ0v) is 13.0. The third kappa shape index (κ3) is 3.39. The fourth-order valence-corrected chi connectivity index (χ4v) is 4.17. The summed E-state index contributed by atoms with van der Waals surface area (Å²) in [6.07, 6.45) is 7.85. The Balaban J connectivity index is 1.66. The number of methoxy groups -OCH3 is 1. The summed E-state index contributed by atoms with van der Waals surface area (Å²) in [6.45, 7) is 2.40. The van der Waals surface area contributed by atoms with Crippen LogP contribution >= 0.6 is 11.3 Å². The van der Waals surface area contributed by atoms with Crippen molar-refractivity contribution in [2.45, 2.75) is 63.8 Å². The molecule has 0 radical (unpaired) electrons. The van der Waals surface area contributed by atoms with Crippen LogP contribution in [0.4, 0.5) is 0 Å². The van der Waals surface area contributed by atoms with Crippen molar-refractivity contribution < 1.29 is 9.47 Å². The van der Waals surface area contributed by atoms with Gasteiger partial charge in [-0.1, -0.05) is 12.8 Å². The van der Waals surface area contributed by atoms with Crippen LogP contribution in [0.3, 0.4) is 0 Å². The average molecular weight is 296 g/mol. The van der Waals surface area contributed by atoms with Crippen LogP contribution in [0.5, 0.6) is 0 Å². The van der Waals surface area contributed by atoms with Crippen molar-refractivity contribution in [1.29, 1.82) is 0 Å². The highest BCUT2D eigenvalue weighted by Gasteiger charge is 2.24. The van der Waals surface area contributed by atoms with E-state index in [9.17, 15) is 0 Å². The van der Waals surface area contributed by atoms with Crippen LogP contribution in [0.15, 0.2) is 0 Å². The molecule has 1 unspecified atom stereocenters. The van der Waals surface area contributed by atoms with Crippen molar-refractivity contribution in [2.24, 2.45) is 0 Å². The summed E-state index contributed by atoms with van der Waals surface area (Å²) in [7, 11) is 1.74. The van der Waals surface area contributed by atoms with E-state index in [1.807, 2.05) is 0 Å². The molecule has 0 amide bonds. The van der Waals surface area contributed by atoms with Crippen molar-refractivity contribution >= 4 is 11.3 Å². The quantitative estimate of drug-likeness (QED) is 0.875. The van der Waals surface area contributed by atoms with Gasteiger partial charge in [0.05, 0.1) is 12.3 Å². The minimum absolute atomic E-state index is 0.218. The molecule has 1 atom stereocenters. The summed E-state index contributed by atoms with van der Waals surface area (Å²) in [6, 6.07) is 0.693. The molecule has 5 heteroatoms. The predicted molar refractivity (Wildman–Crippen MR) is 79.8 cm³/mol. The Morgan fingerprint density at radius 3 is 2.85 bits per heavy atom. The minimum atomic E-state index is 0.218. The molecule has 20 heavy (non-hydrogen) atoms. The van der Waals surface area contributed by atoms with Crippen molar-refractivity contribution in [3.63, 3.8) is 0 Å². The highest BCUT2D eigenvalue weighted by Crippen LogP contribution is 2.33. The van der Waals surface area contributed by atoms with Gasteiger partial charge in [0.1, 0.15) is 11.1 Å². The average Bonchev–Trinajstić information content (AvgIpc) is 3.19. The molecule has 0 bridgehead atoms. The molecule has 112 valence electrons. The largest absolute Gasteiger partial charge is 0.378 e. The van der Waals surface area contributed by atoms with Gasteiger partial charge < -0.3 is 14.8 Å². The van der Waals surface area contributed by atoms with Crippen LogP contribution in [0.25, 0.3) is 0 Å². The molecule has 1 aliphatic heterocycles. The number of aromatic nitrogens is 1. The molecule has 1 saturated heterocycles. The first-order valence-electron chi connectivity index (χ1n) is 7.69. The lowest BCUT2D eigenvalue weighted by Crippen LogP contribution is -2.25. The first-order chi connectivity index (χ1) is 9.86. The van der Waals surface area contributed by atoms with Crippen molar-refractivity contribution in [1.82, 2.24) is 10.3 Å². The van der Waals surface area contributed by atoms with Crippen molar-refractivity contribution in [2.75, 3.05) is 13.7 Å². The van der Waals surface area contributed by atoms with Crippen LogP contribution in [0, 0.1) is 0 Å². The summed E-state index contributed by atoms with van der Waals surface area (Å²) in [5.74, 6) is 0. The standard InChI is InChI=1S/C15H24N2O2S/c1-18-10-12-14(9-16-11-5-2-3-6-11)20-15(17-12)13-7-4-8-19-13/h11,13,16H,2-10H2,1H3. The number of hydrogen-bond donors (Lipinski definition) is 1. The van der Waals surface area contributed by atoms with Gasteiger partial charge in [0, 0.05) is 31.2 Å². The minimum Gasteiger partial charge on any atom is -0.378 e. The molecule has 1 aromatic heterocycles. The fraction of sp³-hybridized carbons (Fsp3) is 0.800. The first-order valence-corrected chi connectivity index (χ1v) is 8.51. The van der Waals surface area contributed by atoms with E-state index in [-0.39, 0.29) is 6.10 Å². The number of hydrogen-bond acceptors (Lipinski definition) is 5. The molecule has 0 spiro atoms. The molecule has 2 aliphatic rings. The summed E-state index contributed by atoms with van der Waals surface area (Å²) in [4.78, 5) is 6.08. The van der Waals surface area contributed by atoms with E-state index in [0.717, 1.165) is 36.7 Å². The van der Waals surface area contributed by atoms with E-state index >= 15 is 0 Å². The monoisotopic (exact) mass is 296 g/mol. The second kappa shape index (κ2) is 6.98. The van der Waals surface area contributed by atoms with E-state index in [0.29, 0.717) is 12.6 Å². The SMILES string of the molecule is COCc1nc(C2CCCO2)sc1CNC1CCCC1. The van der Waals surface area contributed by atoms with Crippen LogP contribution in [-0.4, -0.2) is 24.7 Å². The van der Waals surface area contributed by atoms with Gasteiger partial charge in [-0.05, 0) is 25.7 Å². The van der Waals surface area contributed by atoms with Gasteiger partial charge in [0.2, 0.25) is 0 Å². The molecular formula is C15H24N2O2S. The maximum atomic E-state index is 5.75. The number of thiazole rings is 1. The Bertz CT molecular complexity index is 424. The molecule has 1 aliphatic carbocycles. The molecule has 1 N–H and O–H groups in total. The van der Waals surface area contributed by atoms with E-state index in [4.69, 9.17) is 14.5 Å². The lowest BCUT2D eigenvalue weighted by molar-refractivity contribution is 0.111. The van der Waals surface area contributed by atoms with Gasteiger partial charge in [0.25, 0.3) is 0 Å². The summed E-state index contributed by atoms with van der Waals surface area (Å²) in [5, 5.41) is 4.81. The topological polar surface area (TPSA) is 43.4 Å². The number of rotatable bonds is 6. The highest BCUT2D eigenvalue weighted by molar-refractivity contribution is 7.11. The van der Waals surface area contributed by atoms with Crippen LogP contribution in [-0.2, 0) is 22.6 Å². The van der Waals surface area contributed by atoms with Gasteiger partial charge in [-0.25, -0.2) is 4.98 Å². The second-order valence-electron chi connectivity index (χ2n) is 5.72. The Labute approximate surface area is 124 Å². The maximum Gasteiger partial charge on any atom is 0.122 e. The Kier molecular flexibility index (Phi) is 5.04. The van der Waals surface area contributed by atoms with E-state index in [1.165, 1.54) is 30.6 Å². The predicted octanol–water partition coefficient (Wildman–Crippen LogP) is 3.17. The third-order valence-electron chi connectivity index (χ3n) is 4.19. The lowest BCUT2D eigenvalue weighted by Gasteiger charge is -2.11. The zero-order valence-electron chi connectivity index (χ0n) is 12.2. The number of nitrogens with one attached hydrogen (secondary N) is 1. The van der Waals surface area contributed by atoms with E-state index in [2.05, 4.69) is 5.32 Å². The lowest BCUT2D eigenvalue weighted by atomic mass is 10.2. The molecule has 3 rings (SSSR count). The molecule has 2 fully saturated rings. The van der Waals surface area contributed by atoms with Gasteiger partial charge >= 0.3 is 0 Å². The highest BCUT2D eigenvalue weighted by atomic mass is 32.1.